The molecule has 0 atom stereocenters. The molecule has 1 saturated carbocycles. The Bertz CT molecular complexity index is 1400. The Hall–Kier alpha value is -3.62. The second-order valence-electron chi connectivity index (χ2n) is 10.1. The lowest BCUT2D eigenvalue weighted by molar-refractivity contribution is -0.160. The zero-order valence-corrected chi connectivity index (χ0v) is 20.1. The third-order valence-corrected chi connectivity index (χ3v) is 7.29. The van der Waals surface area contributed by atoms with Gasteiger partial charge in [0.2, 0.25) is 5.82 Å². The molecule has 2 aromatic heterocycles. The van der Waals surface area contributed by atoms with Gasteiger partial charge in [-0.05, 0) is 55.0 Å². The molecular formula is C27H26F3N5O. The van der Waals surface area contributed by atoms with Crippen molar-refractivity contribution in [2.24, 2.45) is 5.92 Å². The van der Waals surface area contributed by atoms with Crippen LogP contribution in [-0.2, 0) is 12.0 Å². The second-order valence-corrected chi connectivity index (χ2v) is 10.1. The van der Waals surface area contributed by atoms with Crippen molar-refractivity contribution in [1.82, 2.24) is 19.9 Å². The summed E-state index contributed by atoms with van der Waals surface area (Å²) in [6.45, 7) is 7.01. The van der Waals surface area contributed by atoms with Crippen LogP contribution in [0.25, 0.3) is 23.0 Å². The van der Waals surface area contributed by atoms with Gasteiger partial charge in [0.15, 0.2) is 5.69 Å². The number of hydrogen-bond acceptors (Lipinski definition) is 5. The molecule has 2 aliphatic rings. The van der Waals surface area contributed by atoms with Crippen molar-refractivity contribution < 1.29 is 17.7 Å². The molecule has 1 saturated heterocycles. The molecule has 6 rings (SSSR count). The van der Waals surface area contributed by atoms with Gasteiger partial charge in [0.1, 0.15) is 0 Å². The van der Waals surface area contributed by atoms with Crippen LogP contribution < -0.4 is 4.90 Å². The van der Waals surface area contributed by atoms with Crippen molar-refractivity contribution in [2.75, 3.05) is 18.0 Å². The highest BCUT2D eigenvalue weighted by atomic mass is 19.4. The number of alkyl halides is 3. The van der Waals surface area contributed by atoms with Gasteiger partial charge in [-0.15, -0.1) is 0 Å². The van der Waals surface area contributed by atoms with E-state index in [9.17, 15) is 13.2 Å². The zero-order valence-electron chi connectivity index (χ0n) is 20.1. The molecule has 1 aliphatic carbocycles. The Balaban J connectivity index is 1.19. The summed E-state index contributed by atoms with van der Waals surface area (Å²) in [4.78, 5) is 6.82. The average Bonchev–Trinajstić information content (AvgIpc) is 3.39. The molecule has 0 unspecified atom stereocenters. The van der Waals surface area contributed by atoms with E-state index in [1.165, 1.54) is 17.8 Å². The lowest BCUT2D eigenvalue weighted by atomic mass is 9.94. The summed E-state index contributed by atoms with van der Waals surface area (Å²) in [6, 6.07) is 16.6. The Morgan fingerprint density at radius 1 is 1.06 bits per heavy atom. The lowest BCUT2D eigenvalue weighted by Gasteiger charge is -2.39. The van der Waals surface area contributed by atoms with E-state index in [2.05, 4.69) is 51.3 Å². The maximum absolute atomic E-state index is 13.4. The fraction of sp³-hybridized carbons (Fsp3) is 0.370. The number of aromatic nitrogens is 4. The SMILES string of the molecule is Cc1cc(-c2nc(-c3ccc(C4(C(F)(F)F)CC4)cc3)no2)nn1Cc1cccc(N2CC(C)C2)c1. The first-order valence-electron chi connectivity index (χ1n) is 12.1. The molecule has 0 spiro atoms. The van der Waals surface area contributed by atoms with Gasteiger partial charge in [-0.25, -0.2) is 0 Å². The predicted octanol–water partition coefficient (Wildman–Crippen LogP) is 6.01. The van der Waals surface area contributed by atoms with E-state index in [0.29, 0.717) is 23.6 Å². The number of halogens is 3. The first-order valence-corrected chi connectivity index (χ1v) is 12.1. The molecule has 9 heteroatoms. The molecular weight excluding hydrogens is 467 g/mol. The summed E-state index contributed by atoms with van der Waals surface area (Å²) in [5, 5.41) is 8.70. The molecule has 0 bridgehead atoms. The van der Waals surface area contributed by atoms with Crippen molar-refractivity contribution in [3.05, 3.63) is 71.4 Å². The molecule has 4 aromatic rings. The molecule has 0 N–H and O–H groups in total. The van der Waals surface area contributed by atoms with E-state index in [4.69, 9.17) is 4.52 Å². The smallest absolute Gasteiger partial charge is 0.371 e. The molecule has 3 heterocycles. The van der Waals surface area contributed by atoms with Crippen LogP contribution in [0, 0.1) is 12.8 Å². The molecule has 36 heavy (non-hydrogen) atoms. The molecule has 0 amide bonds. The third-order valence-electron chi connectivity index (χ3n) is 7.29. The van der Waals surface area contributed by atoms with Gasteiger partial charge in [-0.1, -0.05) is 48.5 Å². The van der Waals surface area contributed by atoms with Crippen LogP contribution in [0.5, 0.6) is 0 Å². The van der Waals surface area contributed by atoms with Gasteiger partial charge in [-0.2, -0.15) is 23.3 Å². The molecule has 1 aliphatic heterocycles. The van der Waals surface area contributed by atoms with E-state index in [1.54, 1.807) is 12.1 Å². The third kappa shape index (κ3) is 3.96. The first-order chi connectivity index (χ1) is 17.2. The number of aryl methyl sites for hydroxylation is 1. The van der Waals surface area contributed by atoms with Crippen LogP contribution in [-0.4, -0.2) is 39.2 Å². The van der Waals surface area contributed by atoms with E-state index < -0.39 is 11.6 Å². The topological polar surface area (TPSA) is 60.0 Å². The quantitative estimate of drug-likeness (QED) is 0.329. The fourth-order valence-corrected chi connectivity index (χ4v) is 4.95. The van der Waals surface area contributed by atoms with E-state index in [-0.39, 0.29) is 24.3 Å². The average molecular weight is 494 g/mol. The van der Waals surface area contributed by atoms with Crippen LogP contribution in [0.15, 0.2) is 59.1 Å². The van der Waals surface area contributed by atoms with Gasteiger partial charge in [-0.3, -0.25) is 4.68 Å². The van der Waals surface area contributed by atoms with Crippen LogP contribution in [0.3, 0.4) is 0 Å². The molecule has 2 aromatic carbocycles. The normalized spacial score (nSPS) is 17.3. The van der Waals surface area contributed by atoms with Crippen LogP contribution in [0.1, 0.15) is 36.6 Å². The molecule has 186 valence electrons. The van der Waals surface area contributed by atoms with Crippen LogP contribution in [0.4, 0.5) is 18.9 Å². The highest BCUT2D eigenvalue weighted by Gasteiger charge is 2.64. The van der Waals surface area contributed by atoms with Crippen molar-refractivity contribution >= 4 is 5.69 Å². The van der Waals surface area contributed by atoms with Gasteiger partial charge in [0.25, 0.3) is 5.89 Å². The Kier molecular flexibility index (Phi) is 5.21. The number of benzene rings is 2. The summed E-state index contributed by atoms with van der Waals surface area (Å²) in [5.74, 6) is 1.32. The number of nitrogens with zero attached hydrogens (tertiary/aromatic N) is 5. The number of anilines is 1. The number of rotatable bonds is 6. The zero-order chi connectivity index (χ0) is 25.1. The van der Waals surface area contributed by atoms with Gasteiger partial charge in [0, 0.05) is 30.0 Å². The van der Waals surface area contributed by atoms with Gasteiger partial charge < -0.3 is 9.42 Å². The lowest BCUT2D eigenvalue weighted by Crippen LogP contribution is -2.45. The first kappa shape index (κ1) is 22.8. The second kappa shape index (κ2) is 8.21. The highest BCUT2D eigenvalue weighted by molar-refractivity contribution is 5.59. The molecule has 0 radical (unpaired) electrons. The monoisotopic (exact) mass is 493 g/mol. The summed E-state index contributed by atoms with van der Waals surface area (Å²) in [7, 11) is 0. The minimum absolute atomic E-state index is 0.131. The Morgan fingerprint density at radius 2 is 1.81 bits per heavy atom. The summed E-state index contributed by atoms with van der Waals surface area (Å²) < 4.78 is 47.6. The maximum Gasteiger partial charge on any atom is 0.398 e. The van der Waals surface area contributed by atoms with E-state index in [1.807, 2.05) is 17.7 Å². The fourth-order valence-electron chi connectivity index (χ4n) is 4.95. The van der Waals surface area contributed by atoms with Crippen LogP contribution in [0.2, 0.25) is 0 Å². The summed E-state index contributed by atoms with van der Waals surface area (Å²) in [6.07, 6.45) is -3.97. The summed E-state index contributed by atoms with van der Waals surface area (Å²) >= 11 is 0. The van der Waals surface area contributed by atoms with E-state index in [0.717, 1.165) is 30.3 Å². The van der Waals surface area contributed by atoms with Gasteiger partial charge >= 0.3 is 6.18 Å². The largest absolute Gasteiger partial charge is 0.398 e. The molecule has 6 nitrogen and oxygen atoms in total. The van der Waals surface area contributed by atoms with Crippen molar-refractivity contribution in [2.45, 2.75) is 44.8 Å². The van der Waals surface area contributed by atoms with Crippen LogP contribution >= 0.6 is 0 Å². The number of hydrogen-bond donors (Lipinski definition) is 0. The van der Waals surface area contributed by atoms with Crippen molar-refractivity contribution in [1.29, 1.82) is 0 Å². The minimum atomic E-state index is -4.24. The summed E-state index contributed by atoms with van der Waals surface area (Å²) in [5.41, 5.74) is 3.08. The van der Waals surface area contributed by atoms with E-state index >= 15 is 0 Å². The highest BCUT2D eigenvalue weighted by Crippen LogP contribution is 2.58. The predicted molar refractivity (Wildman–Crippen MR) is 130 cm³/mol. The standard InChI is InChI=1S/C27H26F3N5O/c1-17-14-34(15-17)22-5-3-4-19(13-22)16-35-18(2)12-23(32-35)25-31-24(33-36-25)20-6-8-21(9-7-20)26(10-11-26)27(28,29)30/h3-9,12-13,17H,10-11,14-16H2,1-2H3. The van der Waals surface area contributed by atoms with Gasteiger partial charge in [0.05, 0.1) is 12.0 Å². The maximum atomic E-state index is 13.4. The van der Waals surface area contributed by atoms with Crippen molar-refractivity contribution in [3.8, 4) is 23.0 Å². The van der Waals surface area contributed by atoms with Crippen molar-refractivity contribution in [3.63, 3.8) is 0 Å². The molecule has 2 fully saturated rings. The minimum Gasteiger partial charge on any atom is -0.371 e. The Morgan fingerprint density at radius 3 is 2.47 bits per heavy atom. The Labute approximate surface area is 206 Å².